The van der Waals surface area contributed by atoms with Crippen LogP contribution in [0.5, 0.6) is 0 Å². The van der Waals surface area contributed by atoms with E-state index in [1.807, 2.05) is 26.0 Å². The number of hydrazine groups is 1. The monoisotopic (exact) mass is 275 g/mol. The third kappa shape index (κ3) is 2.91. The van der Waals surface area contributed by atoms with E-state index in [0.717, 1.165) is 22.9 Å². The van der Waals surface area contributed by atoms with E-state index in [-0.39, 0.29) is 12.0 Å². The summed E-state index contributed by atoms with van der Waals surface area (Å²) >= 11 is 0. The molecule has 20 heavy (non-hydrogen) atoms. The Labute approximate surface area is 118 Å². The van der Waals surface area contributed by atoms with E-state index < -0.39 is 0 Å². The zero-order valence-corrected chi connectivity index (χ0v) is 12.3. The first-order chi connectivity index (χ1) is 9.52. The highest BCUT2D eigenvalue weighted by Crippen LogP contribution is 2.30. The summed E-state index contributed by atoms with van der Waals surface area (Å²) in [4.78, 5) is 8.47. The van der Waals surface area contributed by atoms with Crippen molar-refractivity contribution < 1.29 is 4.42 Å². The lowest BCUT2D eigenvalue weighted by Crippen LogP contribution is -2.16. The molecule has 2 rings (SSSR count). The predicted octanol–water partition coefficient (Wildman–Crippen LogP) is 2.96. The average Bonchev–Trinajstić information content (AvgIpc) is 2.84. The Balaban J connectivity index is 2.29. The van der Waals surface area contributed by atoms with Crippen LogP contribution >= 0.6 is 0 Å². The lowest BCUT2D eigenvalue weighted by Gasteiger charge is -2.19. The predicted molar refractivity (Wildman–Crippen MR) is 79.4 cm³/mol. The number of furan rings is 1. The van der Waals surface area contributed by atoms with Gasteiger partial charge in [-0.2, -0.15) is 0 Å². The normalized spacial score (nSPS) is 12.5. The summed E-state index contributed by atoms with van der Waals surface area (Å²) in [6.07, 6.45) is 1.49. The molecule has 0 bridgehead atoms. The first-order valence-corrected chi connectivity index (χ1v) is 6.67. The van der Waals surface area contributed by atoms with Gasteiger partial charge in [-0.25, -0.2) is 15.8 Å². The molecule has 2 heterocycles. The van der Waals surface area contributed by atoms with Crippen molar-refractivity contribution in [3.05, 3.63) is 35.5 Å². The van der Waals surface area contributed by atoms with Crippen LogP contribution in [0.2, 0.25) is 0 Å². The second-order valence-corrected chi connectivity index (χ2v) is 5.10. The molecule has 6 heteroatoms. The molecule has 0 spiro atoms. The summed E-state index contributed by atoms with van der Waals surface area (Å²) in [5.41, 5.74) is 3.58. The molecule has 0 aliphatic heterocycles. The molecule has 0 saturated carbocycles. The smallest absolute Gasteiger partial charge is 0.148 e. The van der Waals surface area contributed by atoms with Gasteiger partial charge in [-0.3, -0.25) is 0 Å². The summed E-state index contributed by atoms with van der Waals surface area (Å²) < 4.78 is 5.63. The Morgan fingerprint density at radius 2 is 1.85 bits per heavy atom. The van der Waals surface area contributed by atoms with Crippen molar-refractivity contribution in [3.63, 3.8) is 0 Å². The third-order valence-electron chi connectivity index (χ3n) is 3.14. The molecule has 0 saturated heterocycles. The van der Waals surface area contributed by atoms with E-state index in [9.17, 15) is 0 Å². The van der Waals surface area contributed by atoms with E-state index in [0.29, 0.717) is 5.82 Å². The number of anilines is 2. The Bertz CT molecular complexity index is 579. The van der Waals surface area contributed by atoms with Crippen LogP contribution in [0.25, 0.3) is 0 Å². The summed E-state index contributed by atoms with van der Waals surface area (Å²) in [5, 5.41) is 3.36. The van der Waals surface area contributed by atoms with E-state index in [4.69, 9.17) is 10.3 Å². The molecule has 6 nitrogen and oxygen atoms in total. The maximum atomic E-state index is 5.63. The topological polar surface area (TPSA) is 89.0 Å². The Morgan fingerprint density at radius 3 is 2.40 bits per heavy atom. The van der Waals surface area contributed by atoms with Crippen LogP contribution in [0.4, 0.5) is 11.6 Å². The van der Waals surface area contributed by atoms with Gasteiger partial charge in [0.05, 0.1) is 6.04 Å². The number of hydrogen-bond acceptors (Lipinski definition) is 6. The maximum absolute atomic E-state index is 5.63. The highest BCUT2D eigenvalue weighted by molar-refractivity contribution is 5.59. The summed E-state index contributed by atoms with van der Waals surface area (Å²) in [5.74, 6) is 8.94. The van der Waals surface area contributed by atoms with Crippen molar-refractivity contribution in [3.8, 4) is 0 Å². The van der Waals surface area contributed by atoms with Crippen molar-refractivity contribution in [2.24, 2.45) is 5.84 Å². The molecule has 0 fully saturated rings. The van der Waals surface area contributed by atoms with Crippen LogP contribution in [-0.4, -0.2) is 9.97 Å². The lowest BCUT2D eigenvalue weighted by molar-refractivity contribution is 0.466. The quantitative estimate of drug-likeness (QED) is 0.574. The minimum Gasteiger partial charge on any atom is -0.464 e. The average molecular weight is 275 g/mol. The highest BCUT2D eigenvalue weighted by Gasteiger charge is 2.17. The molecule has 108 valence electrons. The number of aryl methyl sites for hydroxylation is 1. The fraction of sp³-hybridized carbons (Fsp3) is 0.429. The third-order valence-corrected chi connectivity index (χ3v) is 3.14. The number of nitrogens with one attached hydrogen (secondary N) is 2. The summed E-state index contributed by atoms with van der Waals surface area (Å²) in [7, 11) is 0. The van der Waals surface area contributed by atoms with E-state index in [1.54, 1.807) is 0 Å². The first-order valence-electron chi connectivity index (χ1n) is 6.67. The minimum atomic E-state index is 0.0155. The van der Waals surface area contributed by atoms with Crippen LogP contribution in [0.1, 0.15) is 49.8 Å². The van der Waals surface area contributed by atoms with Crippen LogP contribution in [0.3, 0.4) is 0 Å². The fourth-order valence-electron chi connectivity index (χ4n) is 2.13. The zero-order valence-electron chi connectivity index (χ0n) is 12.3. The Kier molecular flexibility index (Phi) is 4.24. The molecular formula is C14H21N5O. The number of nitrogens with two attached hydrogens (primary N) is 1. The molecule has 2 aromatic heterocycles. The van der Waals surface area contributed by atoms with Gasteiger partial charge in [-0.1, -0.05) is 13.8 Å². The van der Waals surface area contributed by atoms with Gasteiger partial charge >= 0.3 is 0 Å². The minimum absolute atomic E-state index is 0.0155. The van der Waals surface area contributed by atoms with Crippen molar-refractivity contribution in [2.45, 2.75) is 39.7 Å². The number of aromatic nitrogens is 2. The lowest BCUT2D eigenvalue weighted by atomic mass is 10.0. The van der Waals surface area contributed by atoms with Gasteiger partial charge in [0.1, 0.15) is 29.5 Å². The Morgan fingerprint density at radius 1 is 1.15 bits per heavy atom. The van der Waals surface area contributed by atoms with Crippen molar-refractivity contribution in [1.29, 1.82) is 0 Å². The van der Waals surface area contributed by atoms with Gasteiger partial charge in [0.15, 0.2) is 0 Å². The molecule has 2 aromatic rings. The standard InChI is InChI=1S/C14H21N5O/c1-8(2)12-13(16-7-17-14(12)19-15)18-10(4)11-6-5-9(3)20-11/h5-8,10H,15H2,1-4H3,(H2,16,17,18,19). The van der Waals surface area contributed by atoms with E-state index in [1.165, 1.54) is 6.33 Å². The molecule has 1 unspecified atom stereocenters. The molecule has 0 radical (unpaired) electrons. The van der Waals surface area contributed by atoms with E-state index >= 15 is 0 Å². The van der Waals surface area contributed by atoms with Crippen LogP contribution < -0.4 is 16.6 Å². The zero-order chi connectivity index (χ0) is 14.7. The van der Waals surface area contributed by atoms with Crippen molar-refractivity contribution >= 4 is 11.6 Å². The van der Waals surface area contributed by atoms with Gasteiger partial charge in [0, 0.05) is 5.56 Å². The van der Waals surface area contributed by atoms with Crippen molar-refractivity contribution in [2.75, 3.05) is 10.7 Å². The second kappa shape index (κ2) is 5.92. The molecule has 0 aliphatic rings. The maximum Gasteiger partial charge on any atom is 0.148 e. The molecular weight excluding hydrogens is 254 g/mol. The molecule has 0 aliphatic carbocycles. The highest BCUT2D eigenvalue weighted by atomic mass is 16.3. The van der Waals surface area contributed by atoms with Crippen LogP contribution in [-0.2, 0) is 0 Å². The number of nitrogens with zero attached hydrogens (tertiary/aromatic N) is 2. The first kappa shape index (κ1) is 14.3. The molecule has 4 N–H and O–H groups in total. The molecule has 1 atom stereocenters. The van der Waals surface area contributed by atoms with Gasteiger partial charge in [-0.05, 0) is 31.9 Å². The second-order valence-electron chi connectivity index (χ2n) is 5.10. The fourth-order valence-corrected chi connectivity index (χ4v) is 2.13. The number of hydrogen-bond donors (Lipinski definition) is 3. The number of rotatable bonds is 5. The van der Waals surface area contributed by atoms with Gasteiger partial charge in [0.2, 0.25) is 0 Å². The van der Waals surface area contributed by atoms with Crippen molar-refractivity contribution in [1.82, 2.24) is 9.97 Å². The molecule has 0 amide bonds. The number of nitrogen functional groups attached to an aromatic ring is 1. The molecule has 0 aromatic carbocycles. The Hall–Kier alpha value is -2.08. The largest absolute Gasteiger partial charge is 0.464 e. The summed E-state index contributed by atoms with van der Waals surface area (Å²) in [6, 6.07) is 3.93. The van der Waals surface area contributed by atoms with Gasteiger partial charge < -0.3 is 15.2 Å². The van der Waals surface area contributed by atoms with Crippen LogP contribution in [0, 0.1) is 6.92 Å². The van der Waals surface area contributed by atoms with Crippen LogP contribution in [0.15, 0.2) is 22.9 Å². The summed E-state index contributed by atoms with van der Waals surface area (Å²) in [6.45, 7) is 8.11. The van der Waals surface area contributed by atoms with E-state index in [2.05, 4.69) is 34.6 Å². The van der Waals surface area contributed by atoms with Gasteiger partial charge in [-0.15, -0.1) is 0 Å². The SMILES string of the molecule is Cc1ccc(C(C)Nc2ncnc(NN)c2C(C)C)o1. The van der Waals surface area contributed by atoms with Gasteiger partial charge in [0.25, 0.3) is 0 Å².